The van der Waals surface area contributed by atoms with Crippen LogP contribution in [-0.2, 0) is 9.63 Å². The molecule has 0 heterocycles. The van der Waals surface area contributed by atoms with E-state index in [1.165, 1.54) is 0 Å². The maximum Gasteiger partial charge on any atom is 0.312 e. The first-order valence-electron chi connectivity index (χ1n) is 4.02. The maximum atomic E-state index is 10.6. The van der Waals surface area contributed by atoms with E-state index in [4.69, 9.17) is 9.94 Å². The number of nitrogens with zero attached hydrogens (tertiary/aromatic N) is 1. The summed E-state index contributed by atoms with van der Waals surface area (Å²) < 4.78 is 0. The molecule has 1 unspecified atom stereocenters. The molecule has 70 valence electrons. The van der Waals surface area contributed by atoms with Gasteiger partial charge in [0.25, 0.3) is 0 Å². The molecule has 0 saturated carbocycles. The second kappa shape index (κ2) is 5.57. The SMILES string of the molecule is CCON=C(C)C(CC)C(=O)O. The highest BCUT2D eigenvalue weighted by Crippen LogP contribution is 2.05. The monoisotopic (exact) mass is 173 g/mol. The van der Waals surface area contributed by atoms with Crippen LogP contribution in [0, 0.1) is 5.92 Å². The minimum absolute atomic E-state index is 0.466. The van der Waals surface area contributed by atoms with Gasteiger partial charge in [0.05, 0.1) is 11.6 Å². The van der Waals surface area contributed by atoms with Gasteiger partial charge >= 0.3 is 5.97 Å². The van der Waals surface area contributed by atoms with Crippen molar-refractivity contribution in [2.75, 3.05) is 6.61 Å². The highest BCUT2D eigenvalue weighted by atomic mass is 16.6. The van der Waals surface area contributed by atoms with E-state index >= 15 is 0 Å². The summed E-state index contributed by atoms with van der Waals surface area (Å²) in [6.45, 7) is 5.74. The fraction of sp³-hybridized carbons (Fsp3) is 0.750. The maximum absolute atomic E-state index is 10.6. The summed E-state index contributed by atoms with van der Waals surface area (Å²) in [5.74, 6) is -1.37. The molecule has 4 nitrogen and oxygen atoms in total. The normalized spacial score (nSPS) is 14.1. The molecule has 0 spiro atoms. The van der Waals surface area contributed by atoms with Crippen LogP contribution in [0.3, 0.4) is 0 Å². The highest BCUT2D eigenvalue weighted by molar-refractivity contribution is 5.99. The number of hydrogen-bond acceptors (Lipinski definition) is 3. The van der Waals surface area contributed by atoms with E-state index in [9.17, 15) is 4.79 Å². The summed E-state index contributed by atoms with van der Waals surface area (Å²) in [5.41, 5.74) is 0.520. The summed E-state index contributed by atoms with van der Waals surface area (Å²) in [5, 5.41) is 12.4. The summed E-state index contributed by atoms with van der Waals surface area (Å²) in [7, 11) is 0. The quantitative estimate of drug-likeness (QED) is 0.506. The number of carboxylic acids is 1. The van der Waals surface area contributed by atoms with Gasteiger partial charge in [-0.2, -0.15) is 0 Å². The Hall–Kier alpha value is -1.06. The molecule has 0 radical (unpaired) electrons. The minimum Gasteiger partial charge on any atom is -0.481 e. The van der Waals surface area contributed by atoms with Crippen LogP contribution in [0.25, 0.3) is 0 Å². The number of aliphatic carboxylic acids is 1. The van der Waals surface area contributed by atoms with Gasteiger partial charge in [-0.15, -0.1) is 0 Å². The molecule has 4 heteroatoms. The van der Waals surface area contributed by atoms with Gasteiger partial charge in [0.2, 0.25) is 0 Å². The van der Waals surface area contributed by atoms with Crippen molar-refractivity contribution in [2.24, 2.45) is 11.1 Å². The molecule has 1 atom stereocenters. The van der Waals surface area contributed by atoms with Crippen molar-refractivity contribution < 1.29 is 14.7 Å². The van der Waals surface area contributed by atoms with Gasteiger partial charge in [-0.25, -0.2) is 0 Å². The molecule has 0 fully saturated rings. The number of hydrogen-bond donors (Lipinski definition) is 1. The molecule has 1 N–H and O–H groups in total. The van der Waals surface area contributed by atoms with Crippen molar-refractivity contribution in [3.8, 4) is 0 Å². The lowest BCUT2D eigenvalue weighted by molar-refractivity contribution is -0.139. The van der Waals surface area contributed by atoms with Crippen LogP contribution in [0.1, 0.15) is 27.2 Å². The Kier molecular flexibility index (Phi) is 5.08. The topological polar surface area (TPSA) is 58.9 Å². The van der Waals surface area contributed by atoms with Crippen LogP contribution in [-0.4, -0.2) is 23.4 Å². The van der Waals surface area contributed by atoms with E-state index in [2.05, 4.69) is 5.16 Å². The Morgan fingerprint density at radius 2 is 2.17 bits per heavy atom. The van der Waals surface area contributed by atoms with Crippen molar-refractivity contribution in [2.45, 2.75) is 27.2 Å². The molecule has 0 bridgehead atoms. The number of oxime groups is 1. The third-order valence-corrected chi connectivity index (χ3v) is 1.55. The van der Waals surface area contributed by atoms with Crippen LogP contribution in [0.15, 0.2) is 5.16 Å². The van der Waals surface area contributed by atoms with Gasteiger partial charge in [0.1, 0.15) is 6.61 Å². The first-order valence-corrected chi connectivity index (χ1v) is 4.02. The third-order valence-electron chi connectivity index (χ3n) is 1.55. The zero-order chi connectivity index (χ0) is 9.56. The fourth-order valence-corrected chi connectivity index (χ4v) is 0.879. The lowest BCUT2D eigenvalue weighted by atomic mass is 10.0. The Morgan fingerprint density at radius 1 is 1.58 bits per heavy atom. The van der Waals surface area contributed by atoms with Crippen LogP contribution < -0.4 is 0 Å². The molecule has 0 saturated heterocycles. The Morgan fingerprint density at radius 3 is 2.50 bits per heavy atom. The second-order valence-electron chi connectivity index (χ2n) is 2.45. The summed E-state index contributed by atoms with van der Waals surface area (Å²) >= 11 is 0. The average molecular weight is 173 g/mol. The Labute approximate surface area is 72.2 Å². The molecule has 0 aromatic rings. The first kappa shape index (κ1) is 10.9. The third kappa shape index (κ3) is 3.37. The molecule has 0 aromatic carbocycles. The summed E-state index contributed by atoms with van der Waals surface area (Å²) in [4.78, 5) is 15.4. The predicted molar refractivity (Wildman–Crippen MR) is 46.2 cm³/mol. The molecular weight excluding hydrogens is 158 g/mol. The molecule has 0 amide bonds. The number of rotatable bonds is 5. The second-order valence-corrected chi connectivity index (χ2v) is 2.45. The zero-order valence-electron chi connectivity index (χ0n) is 7.70. The molecule has 12 heavy (non-hydrogen) atoms. The van der Waals surface area contributed by atoms with Crippen molar-refractivity contribution >= 4 is 11.7 Å². The molecule has 0 aromatic heterocycles. The largest absolute Gasteiger partial charge is 0.481 e. The molecule has 0 aliphatic carbocycles. The standard InChI is InChI=1S/C8H15NO3/c1-4-7(8(10)11)6(3)9-12-5-2/h7H,4-5H2,1-3H3,(H,10,11). The average Bonchev–Trinajstić information content (AvgIpc) is 2.01. The lowest BCUT2D eigenvalue weighted by Gasteiger charge is -2.07. The number of carbonyl (C=O) groups is 1. The lowest BCUT2D eigenvalue weighted by Crippen LogP contribution is -2.20. The van der Waals surface area contributed by atoms with Crippen molar-refractivity contribution in [1.29, 1.82) is 0 Å². The highest BCUT2D eigenvalue weighted by Gasteiger charge is 2.18. The van der Waals surface area contributed by atoms with Crippen molar-refractivity contribution in [3.05, 3.63) is 0 Å². The van der Waals surface area contributed by atoms with Gasteiger partial charge in [0.15, 0.2) is 0 Å². The molecular formula is C8H15NO3. The predicted octanol–water partition coefficient (Wildman–Crippen LogP) is 1.51. The van der Waals surface area contributed by atoms with Gasteiger partial charge < -0.3 is 9.94 Å². The van der Waals surface area contributed by atoms with E-state index in [1.807, 2.05) is 6.92 Å². The van der Waals surface area contributed by atoms with Crippen LogP contribution in [0.5, 0.6) is 0 Å². The van der Waals surface area contributed by atoms with Gasteiger partial charge in [0, 0.05) is 0 Å². The summed E-state index contributed by atoms with van der Waals surface area (Å²) in [6, 6.07) is 0. The van der Waals surface area contributed by atoms with Gasteiger partial charge in [-0.3, -0.25) is 4.79 Å². The van der Waals surface area contributed by atoms with E-state index in [0.717, 1.165) is 0 Å². The van der Waals surface area contributed by atoms with Crippen molar-refractivity contribution in [1.82, 2.24) is 0 Å². The van der Waals surface area contributed by atoms with Gasteiger partial charge in [-0.05, 0) is 20.3 Å². The van der Waals surface area contributed by atoms with Crippen LogP contribution in [0.4, 0.5) is 0 Å². The molecule has 0 rings (SSSR count). The van der Waals surface area contributed by atoms with E-state index < -0.39 is 11.9 Å². The van der Waals surface area contributed by atoms with Crippen LogP contribution >= 0.6 is 0 Å². The Bertz CT molecular complexity index is 177. The fourth-order valence-electron chi connectivity index (χ4n) is 0.879. The van der Waals surface area contributed by atoms with E-state index in [1.54, 1.807) is 13.8 Å². The zero-order valence-corrected chi connectivity index (χ0v) is 7.70. The molecule has 0 aliphatic heterocycles. The number of carboxylic acid groups (broad SMARTS) is 1. The smallest absolute Gasteiger partial charge is 0.312 e. The minimum atomic E-state index is -0.849. The first-order chi connectivity index (χ1) is 5.63. The Balaban J connectivity index is 4.20. The van der Waals surface area contributed by atoms with E-state index in [0.29, 0.717) is 18.7 Å². The van der Waals surface area contributed by atoms with Crippen molar-refractivity contribution in [3.63, 3.8) is 0 Å². The summed E-state index contributed by atoms with van der Waals surface area (Å²) in [6.07, 6.45) is 0.539. The molecule has 0 aliphatic rings. The van der Waals surface area contributed by atoms with E-state index in [-0.39, 0.29) is 0 Å². The van der Waals surface area contributed by atoms with Crippen LogP contribution in [0.2, 0.25) is 0 Å². The van der Waals surface area contributed by atoms with Gasteiger partial charge in [-0.1, -0.05) is 12.1 Å².